The summed E-state index contributed by atoms with van der Waals surface area (Å²) >= 11 is 0. The van der Waals surface area contributed by atoms with Gasteiger partial charge in [-0.1, -0.05) is 140 Å². The smallest absolute Gasteiger partial charge is 0.0540 e. The zero-order valence-electron chi connectivity index (χ0n) is 26.9. The number of hydrogen-bond donors (Lipinski definition) is 0. The minimum Gasteiger partial charge on any atom is -0.310 e. The summed E-state index contributed by atoms with van der Waals surface area (Å²) in [5.74, 6) is 0. The number of fused-ring (bicyclic) bond motifs is 4. The van der Waals surface area contributed by atoms with Gasteiger partial charge in [0.2, 0.25) is 0 Å². The molecule has 0 atom stereocenters. The number of rotatable bonds is 4. The van der Waals surface area contributed by atoms with Crippen LogP contribution in [0.1, 0.15) is 77.6 Å². The number of nitrogens with zero attached hydrogens (tertiary/aromatic N) is 1. The van der Waals surface area contributed by atoms with Crippen LogP contribution in [0.3, 0.4) is 0 Å². The van der Waals surface area contributed by atoms with Gasteiger partial charge in [-0.25, -0.2) is 0 Å². The molecule has 0 aliphatic heterocycles. The fourth-order valence-electron chi connectivity index (χ4n) is 7.98. The number of hydrogen-bond acceptors (Lipinski definition) is 1. The van der Waals surface area contributed by atoms with Crippen molar-refractivity contribution in [2.45, 2.75) is 71.6 Å². The van der Waals surface area contributed by atoms with Crippen LogP contribution in [0.5, 0.6) is 0 Å². The third kappa shape index (κ3) is 3.77. The molecule has 0 saturated carbocycles. The standard InChI is InChI=1S/C42H43N/c1-39(2)34-20-14-12-19-32(34)33-24-23-30(27-36(33)39)43(29-16-10-9-11-17-29)38-21-15-13-18-31(38)28-22-25-35-37(26-28)41(5,6)42(7,8)40(35,3)4/h9-27H,1-8H3. The zero-order valence-corrected chi connectivity index (χ0v) is 26.9. The van der Waals surface area contributed by atoms with Crippen LogP contribution in [0, 0.1) is 5.41 Å². The van der Waals surface area contributed by atoms with E-state index in [0.717, 1.165) is 5.69 Å². The maximum atomic E-state index is 2.48. The van der Waals surface area contributed by atoms with Gasteiger partial charge in [0.1, 0.15) is 0 Å². The van der Waals surface area contributed by atoms with Crippen LogP contribution < -0.4 is 4.90 Å². The Morgan fingerprint density at radius 2 is 1.02 bits per heavy atom. The van der Waals surface area contributed by atoms with Gasteiger partial charge in [0.05, 0.1) is 5.69 Å². The fourth-order valence-corrected chi connectivity index (χ4v) is 7.98. The van der Waals surface area contributed by atoms with Crippen molar-refractivity contribution < 1.29 is 0 Å². The Morgan fingerprint density at radius 1 is 0.419 bits per heavy atom. The number of anilines is 3. The Morgan fingerprint density at radius 3 is 1.77 bits per heavy atom. The van der Waals surface area contributed by atoms with Gasteiger partial charge < -0.3 is 4.90 Å². The Labute approximate surface area is 258 Å². The van der Waals surface area contributed by atoms with Gasteiger partial charge in [-0.05, 0) is 85.5 Å². The minimum absolute atomic E-state index is 0.0521. The molecule has 216 valence electrons. The largest absolute Gasteiger partial charge is 0.310 e. The molecule has 0 aromatic heterocycles. The maximum Gasteiger partial charge on any atom is 0.0540 e. The van der Waals surface area contributed by atoms with Crippen molar-refractivity contribution in [1.82, 2.24) is 0 Å². The molecule has 0 N–H and O–H groups in total. The number of benzene rings is 5. The third-order valence-corrected chi connectivity index (χ3v) is 11.8. The van der Waals surface area contributed by atoms with Gasteiger partial charge in [-0.2, -0.15) is 0 Å². The summed E-state index contributed by atoms with van der Waals surface area (Å²) in [6.45, 7) is 19.3. The van der Waals surface area contributed by atoms with E-state index in [2.05, 4.69) is 176 Å². The van der Waals surface area contributed by atoms with Crippen LogP contribution in [0.15, 0.2) is 115 Å². The predicted molar refractivity (Wildman–Crippen MR) is 184 cm³/mol. The Kier molecular flexibility index (Phi) is 5.93. The van der Waals surface area contributed by atoms with Gasteiger partial charge >= 0.3 is 0 Å². The Hall–Kier alpha value is -4.10. The van der Waals surface area contributed by atoms with E-state index in [0.29, 0.717) is 0 Å². The Balaban J connectivity index is 1.42. The van der Waals surface area contributed by atoms with Crippen LogP contribution in [0.25, 0.3) is 22.3 Å². The monoisotopic (exact) mass is 561 g/mol. The van der Waals surface area contributed by atoms with Crippen molar-refractivity contribution in [2.75, 3.05) is 4.90 Å². The summed E-state index contributed by atoms with van der Waals surface area (Å²) in [5, 5.41) is 0. The van der Waals surface area contributed by atoms with Crippen molar-refractivity contribution in [3.63, 3.8) is 0 Å². The highest BCUT2D eigenvalue weighted by Crippen LogP contribution is 2.62. The van der Waals surface area contributed by atoms with E-state index >= 15 is 0 Å². The lowest BCUT2D eigenvalue weighted by Gasteiger charge is -2.44. The molecule has 0 bridgehead atoms. The van der Waals surface area contributed by atoms with E-state index in [1.165, 1.54) is 55.9 Å². The molecule has 1 nitrogen and oxygen atoms in total. The highest BCUT2D eigenvalue weighted by molar-refractivity contribution is 5.90. The average molecular weight is 562 g/mol. The molecule has 43 heavy (non-hydrogen) atoms. The molecule has 0 saturated heterocycles. The van der Waals surface area contributed by atoms with Crippen LogP contribution in [-0.2, 0) is 16.2 Å². The Bertz CT molecular complexity index is 1870. The first-order chi connectivity index (χ1) is 20.4. The molecule has 0 heterocycles. The molecule has 0 amide bonds. The van der Waals surface area contributed by atoms with Crippen molar-refractivity contribution in [2.24, 2.45) is 5.41 Å². The topological polar surface area (TPSA) is 3.24 Å². The zero-order chi connectivity index (χ0) is 30.4. The van der Waals surface area contributed by atoms with Gasteiger partial charge in [0.15, 0.2) is 0 Å². The lowest BCUT2D eigenvalue weighted by Crippen LogP contribution is -2.42. The van der Waals surface area contributed by atoms with E-state index in [1.54, 1.807) is 0 Å². The normalized spacial score (nSPS) is 18.0. The first-order valence-electron chi connectivity index (χ1n) is 15.7. The van der Waals surface area contributed by atoms with Gasteiger partial charge in [0, 0.05) is 22.4 Å². The van der Waals surface area contributed by atoms with Crippen molar-refractivity contribution in [1.29, 1.82) is 0 Å². The maximum absolute atomic E-state index is 2.48. The second-order valence-corrected chi connectivity index (χ2v) is 14.7. The lowest BCUT2D eigenvalue weighted by molar-refractivity contribution is 0.125. The minimum atomic E-state index is -0.0605. The van der Waals surface area contributed by atoms with E-state index in [9.17, 15) is 0 Å². The van der Waals surface area contributed by atoms with Gasteiger partial charge in [-0.3, -0.25) is 0 Å². The van der Waals surface area contributed by atoms with E-state index in [1.807, 2.05) is 0 Å². The molecule has 5 aromatic carbocycles. The van der Waals surface area contributed by atoms with Crippen LogP contribution in [-0.4, -0.2) is 0 Å². The molecule has 5 aromatic rings. The summed E-state index contributed by atoms with van der Waals surface area (Å²) in [4.78, 5) is 2.45. The predicted octanol–water partition coefficient (Wildman–Crippen LogP) is 11.7. The van der Waals surface area contributed by atoms with E-state index in [4.69, 9.17) is 0 Å². The highest BCUT2D eigenvalue weighted by Gasteiger charge is 2.56. The molecule has 0 radical (unpaired) electrons. The number of para-hydroxylation sites is 2. The van der Waals surface area contributed by atoms with E-state index < -0.39 is 0 Å². The van der Waals surface area contributed by atoms with Crippen molar-refractivity contribution in [3.8, 4) is 22.3 Å². The summed E-state index contributed by atoms with van der Waals surface area (Å²) in [7, 11) is 0. The lowest BCUT2D eigenvalue weighted by atomic mass is 9.59. The van der Waals surface area contributed by atoms with Crippen molar-refractivity contribution in [3.05, 3.63) is 138 Å². The SMILES string of the molecule is CC1(C)c2ccccc2-c2ccc(N(c3ccccc3)c3ccccc3-c3ccc4c(c3)C(C)(C)C(C)(C)C4(C)C)cc21. The molecular formula is C42H43N. The second kappa shape index (κ2) is 9.20. The quantitative estimate of drug-likeness (QED) is 0.211. The van der Waals surface area contributed by atoms with Gasteiger partial charge in [-0.15, -0.1) is 0 Å². The molecule has 2 aliphatic carbocycles. The second-order valence-electron chi connectivity index (χ2n) is 14.7. The average Bonchev–Trinajstić information content (AvgIpc) is 3.29. The third-order valence-electron chi connectivity index (χ3n) is 11.8. The first kappa shape index (κ1) is 27.7. The molecule has 0 fully saturated rings. The molecule has 0 spiro atoms. The summed E-state index contributed by atoms with van der Waals surface area (Å²) in [5.41, 5.74) is 14.7. The first-order valence-corrected chi connectivity index (χ1v) is 15.7. The summed E-state index contributed by atoms with van der Waals surface area (Å²) in [6, 6.07) is 42.9. The molecule has 1 heteroatoms. The highest BCUT2D eigenvalue weighted by atomic mass is 15.1. The van der Waals surface area contributed by atoms with E-state index in [-0.39, 0.29) is 21.7 Å². The fraction of sp³-hybridized carbons (Fsp3) is 0.286. The summed E-state index contributed by atoms with van der Waals surface area (Å²) < 4.78 is 0. The van der Waals surface area contributed by atoms with Crippen molar-refractivity contribution >= 4 is 17.1 Å². The van der Waals surface area contributed by atoms with Gasteiger partial charge in [0.25, 0.3) is 0 Å². The molecule has 7 rings (SSSR count). The van der Waals surface area contributed by atoms with Crippen LogP contribution in [0.4, 0.5) is 17.1 Å². The van der Waals surface area contributed by atoms with Crippen LogP contribution in [0.2, 0.25) is 0 Å². The molecule has 2 aliphatic rings. The van der Waals surface area contributed by atoms with Crippen LogP contribution >= 0.6 is 0 Å². The molecular weight excluding hydrogens is 518 g/mol. The summed E-state index contributed by atoms with van der Waals surface area (Å²) in [6.07, 6.45) is 0. The molecule has 0 unspecified atom stereocenters.